The summed E-state index contributed by atoms with van der Waals surface area (Å²) in [5.41, 5.74) is 0.877. The van der Waals surface area contributed by atoms with Gasteiger partial charge in [0, 0.05) is 6.54 Å². The van der Waals surface area contributed by atoms with Crippen molar-refractivity contribution in [1.82, 2.24) is 4.90 Å². The minimum atomic E-state index is -1.95. The van der Waals surface area contributed by atoms with Crippen LogP contribution >= 0.6 is 11.6 Å². The molecule has 0 saturated heterocycles. The van der Waals surface area contributed by atoms with Crippen molar-refractivity contribution in [1.29, 1.82) is 0 Å². The van der Waals surface area contributed by atoms with E-state index < -0.39 is 20.4 Å². The molecular formula is C19H30ClNO5Si. The highest BCUT2D eigenvalue weighted by Gasteiger charge is 2.37. The number of amides is 1. The molecule has 0 N–H and O–H groups in total. The predicted molar refractivity (Wildman–Crippen MR) is 108 cm³/mol. The molecule has 27 heavy (non-hydrogen) atoms. The van der Waals surface area contributed by atoms with Crippen molar-refractivity contribution in [3.05, 3.63) is 35.9 Å². The van der Waals surface area contributed by atoms with Crippen LogP contribution in [0.3, 0.4) is 0 Å². The summed E-state index contributed by atoms with van der Waals surface area (Å²) in [5.74, 6) is -0.516. The van der Waals surface area contributed by atoms with Gasteiger partial charge in [-0.25, -0.2) is 4.79 Å². The molecule has 0 atom stereocenters. The quantitative estimate of drug-likeness (QED) is 0.340. The fraction of sp³-hybridized carbons (Fsp3) is 0.579. The zero-order valence-corrected chi connectivity index (χ0v) is 18.5. The summed E-state index contributed by atoms with van der Waals surface area (Å²) in [4.78, 5) is 25.4. The van der Waals surface area contributed by atoms with Crippen molar-refractivity contribution >= 4 is 32.0 Å². The second-order valence-corrected chi connectivity index (χ2v) is 12.7. The highest BCUT2D eigenvalue weighted by molar-refractivity contribution is 6.74. The van der Waals surface area contributed by atoms with Gasteiger partial charge in [-0.3, -0.25) is 9.69 Å². The van der Waals surface area contributed by atoms with Crippen LogP contribution in [0.1, 0.15) is 26.3 Å². The van der Waals surface area contributed by atoms with Gasteiger partial charge in [0.15, 0.2) is 14.4 Å². The average Bonchev–Trinajstić information content (AvgIpc) is 2.59. The normalized spacial score (nSPS) is 11.8. The third-order valence-electron chi connectivity index (χ3n) is 4.63. The third-order valence-corrected chi connectivity index (χ3v) is 9.28. The van der Waals surface area contributed by atoms with E-state index in [1.54, 1.807) is 0 Å². The monoisotopic (exact) mass is 415 g/mol. The first-order chi connectivity index (χ1) is 12.6. The van der Waals surface area contributed by atoms with E-state index in [0.717, 1.165) is 5.56 Å². The summed E-state index contributed by atoms with van der Waals surface area (Å²) >= 11 is 5.47. The number of carbonyl (C=O) groups excluding carboxylic acids is 2. The molecule has 0 fully saturated rings. The molecule has 0 saturated carbocycles. The standard InChI is InChI=1S/C19H30ClNO5Si/c1-19(2,3)27(4,5)26-12-11-21(18(23)25-15-20)13-17(22)24-14-16-9-7-6-8-10-16/h6-10H,11-15H2,1-5H3. The van der Waals surface area contributed by atoms with Crippen LogP contribution in [-0.2, 0) is 25.3 Å². The molecule has 8 heteroatoms. The summed E-state index contributed by atoms with van der Waals surface area (Å²) in [7, 11) is -1.95. The first-order valence-corrected chi connectivity index (χ1v) is 12.3. The fourth-order valence-electron chi connectivity index (χ4n) is 1.94. The van der Waals surface area contributed by atoms with Gasteiger partial charge in [-0.1, -0.05) is 62.7 Å². The van der Waals surface area contributed by atoms with Gasteiger partial charge in [0.1, 0.15) is 13.2 Å². The Morgan fingerprint density at radius 2 is 1.74 bits per heavy atom. The van der Waals surface area contributed by atoms with Crippen LogP contribution in [-0.4, -0.2) is 51.0 Å². The molecule has 152 valence electrons. The van der Waals surface area contributed by atoms with Crippen LogP contribution in [0, 0.1) is 0 Å². The molecule has 0 aliphatic carbocycles. The second-order valence-electron chi connectivity index (χ2n) is 7.70. The predicted octanol–water partition coefficient (Wildman–Crippen LogP) is 4.39. The van der Waals surface area contributed by atoms with Gasteiger partial charge in [0.25, 0.3) is 0 Å². The van der Waals surface area contributed by atoms with Gasteiger partial charge in [0.2, 0.25) is 0 Å². The first-order valence-electron chi connectivity index (χ1n) is 8.88. The lowest BCUT2D eigenvalue weighted by Gasteiger charge is -2.36. The maximum atomic E-state index is 12.1. The van der Waals surface area contributed by atoms with Crippen LogP contribution < -0.4 is 0 Å². The molecule has 6 nitrogen and oxygen atoms in total. The van der Waals surface area contributed by atoms with E-state index >= 15 is 0 Å². The highest BCUT2D eigenvalue weighted by atomic mass is 35.5. The number of ether oxygens (including phenoxy) is 2. The van der Waals surface area contributed by atoms with Gasteiger partial charge in [-0.2, -0.15) is 0 Å². The zero-order valence-electron chi connectivity index (χ0n) is 16.8. The molecule has 1 aromatic rings. The molecule has 0 radical (unpaired) electrons. The first kappa shape index (κ1) is 23.5. The lowest BCUT2D eigenvalue weighted by Crippen LogP contribution is -2.44. The molecule has 0 heterocycles. The molecule has 0 aliphatic rings. The molecule has 1 amide bonds. The molecule has 0 bridgehead atoms. The smallest absolute Gasteiger partial charge is 0.411 e. The van der Waals surface area contributed by atoms with Crippen LogP contribution in [0.2, 0.25) is 18.1 Å². The Kier molecular flexibility index (Phi) is 9.28. The molecule has 1 aromatic carbocycles. The van der Waals surface area contributed by atoms with Gasteiger partial charge in [-0.15, -0.1) is 0 Å². The molecule has 0 unspecified atom stereocenters. The largest absolute Gasteiger partial charge is 0.459 e. The van der Waals surface area contributed by atoms with E-state index in [-0.39, 0.29) is 30.8 Å². The SMILES string of the molecule is CC(C)(C)[Si](C)(C)OCCN(CC(=O)OCc1ccccc1)C(=O)OCCl. The number of hydrogen-bond acceptors (Lipinski definition) is 5. The fourth-order valence-corrected chi connectivity index (χ4v) is 3.07. The Balaban J connectivity index is 2.58. The summed E-state index contributed by atoms with van der Waals surface area (Å²) in [6.07, 6.45) is -0.666. The lowest BCUT2D eigenvalue weighted by molar-refractivity contribution is -0.146. The zero-order chi connectivity index (χ0) is 20.5. The minimum Gasteiger partial charge on any atom is -0.459 e. The van der Waals surface area contributed by atoms with Crippen molar-refractivity contribution in [2.24, 2.45) is 0 Å². The van der Waals surface area contributed by atoms with Gasteiger partial charge < -0.3 is 13.9 Å². The summed E-state index contributed by atoms with van der Waals surface area (Å²) < 4.78 is 16.1. The van der Waals surface area contributed by atoms with Crippen molar-refractivity contribution in [2.75, 3.05) is 25.8 Å². The van der Waals surface area contributed by atoms with E-state index in [9.17, 15) is 9.59 Å². The average molecular weight is 416 g/mol. The molecular weight excluding hydrogens is 386 g/mol. The minimum absolute atomic E-state index is 0.0586. The molecule has 0 aliphatic heterocycles. The summed E-state index contributed by atoms with van der Waals surface area (Å²) in [5, 5.41) is 0.0586. The Hall–Kier alpha value is -1.57. The summed E-state index contributed by atoms with van der Waals surface area (Å²) in [6.45, 7) is 11.1. The van der Waals surface area contributed by atoms with E-state index in [4.69, 9.17) is 25.5 Å². The second kappa shape index (κ2) is 10.7. The van der Waals surface area contributed by atoms with E-state index in [1.807, 2.05) is 30.3 Å². The number of nitrogens with zero attached hydrogens (tertiary/aromatic N) is 1. The van der Waals surface area contributed by atoms with Crippen LogP contribution in [0.4, 0.5) is 4.79 Å². The number of carbonyl (C=O) groups is 2. The Morgan fingerprint density at radius 1 is 1.11 bits per heavy atom. The molecule has 0 spiro atoms. The lowest BCUT2D eigenvalue weighted by atomic mass is 10.2. The van der Waals surface area contributed by atoms with Crippen molar-refractivity contribution < 1.29 is 23.5 Å². The number of hydrogen-bond donors (Lipinski definition) is 0. The Labute approximate surface area is 167 Å². The molecule has 1 rings (SSSR count). The number of rotatable bonds is 9. The van der Waals surface area contributed by atoms with E-state index in [1.165, 1.54) is 4.90 Å². The van der Waals surface area contributed by atoms with Gasteiger partial charge in [0.05, 0.1) is 6.61 Å². The van der Waals surface area contributed by atoms with Gasteiger partial charge in [-0.05, 0) is 23.7 Å². The van der Waals surface area contributed by atoms with Crippen LogP contribution in [0.25, 0.3) is 0 Å². The highest BCUT2D eigenvalue weighted by Crippen LogP contribution is 2.36. The maximum absolute atomic E-state index is 12.1. The van der Waals surface area contributed by atoms with Crippen molar-refractivity contribution in [3.8, 4) is 0 Å². The van der Waals surface area contributed by atoms with E-state index in [2.05, 4.69) is 33.9 Å². The topological polar surface area (TPSA) is 65.1 Å². The van der Waals surface area contributed by atoms with E-state index in [0.29, 0.717) is 6.61 Å². The van der Waals surface area contributed by atoms with Crippen molar-refractivity contribution in [3.63, 3.8) is 0 Å². The van der Waals surface area contributed by atoms with Crippen molar-refractivity contribution in [2.45, 2.75) is 45.5 Å². The third kappa shape index (κ3) is 8.32. The van der Waals surface area contributed by atoms with Gasteiger partial charge >= 0.3 is 12.1 Å². The summed E-state index contributed by atoms with van der Waals surface area (Å²) in [6, 6.07) is 9.06. The number of halogens is 1. The van der Waals surface area contributed by atoms with Crippen LogP contribution in [0.15, 0.2) is 30.3 Å². The van der Waals surface area contributed by atoms with Crippen LogP contribution in [0.5, 0.6) is 0 Å². The Morgan fingerprint density at radius 3 is 2.30 bits per heavy atom. The number of alkyl halides is 1. The maximum Gasteiger partial charge on any atom is 0.411 e. The number of esters is 1. The Bertz CT molecular complexity index is 604. The number of benzene rings is 1. The molecule has 0 aromatic heterocycles.